The van der Waals surface area contributed by atoms with Gasteiger partial charge in [-0.15, -0.1) is 0 Å². The van der Waals surface area contributed by atoms with Gasteiger partial charge in [0.15, 0.2) is 0 Å². The molecule has 1 aliphatic heterocycles. The first-order chi connectivity index (χ1) is 9.61. The molecule has 5 nitrogen and oxygen atoms in total. The molecular formula is C14H17Cl2N3O2. The van der Waals surface area contributed by atoms with Crippen LogP contribution in [0.25, 0.3) is 0 Å². The molecule has 21 heavy (non-hydrogen) atoms. The molecule has 1 aromatic rings. The van der Waals surface area contributed by atoms with Crippen LogP contribution in [-0.2, 0) is 4.79 Å². The van der Waals surface area contributed by atoms with Gasteiger partial charge in [0.2, 0.25) is 5.91 Å². The lowest BCUT2D eigenvalue weighted by atomic mass is 9.91. The van der Waals surface area contributed by atoms with Crippen LogP contribution in [0.2, 0.25) is 10.3 Å². The molecule has 0 aromatic carbocycles. The molecule has 1 saturated heterocycles. The van der Waals surface area contributed by atoms with Gasteiger partial charge >= 0.3 is 0 Å². The highest BCUT2D eigenvalue weighted by Gasteiger charge is 2.45. The molecule has 7 heteroatoms. The number of amides is 2. The average molecular weight is 330 g/mol. The van der Waals surface area contributed by atoms with E-state index in [1.165, 1.54) is 12.1 Å². The zero-order valence-corrected chi connectivity index (χ0v) is 13.9. The topological polar surface area (TPSA) is 53.5 Å². The second-order valence-electron chi connectivity index (χ2n) is 6.18. The van der Waals surface area contributed by atoms with Gasteiger partial charge in [0, 0.05) is 18.0 Å². The summed E-state index contributed by atoms with van der Waals surface area (Å²) in [5.74, 6) is -0.367. The summed E-state index contributed by atoms with van der Waals surface area (Å²) in [5.41, 5.74) is 0.0642. The Morgan fingerprint density at radius 2 is 1.81 bits per heavy atom. The molecule has 0 saturated carbocycles. The molecule has 0 radical (unpaired) electrons. The maximum Gasteiger partial charge on any atom is 0.256 e. The van der Waals surface area contributed by atoms with Gasteiger partial charge in [-0.2, -0.15) is 0 Å². The molecule has 0 spiro atoms. The minimum Gasteiger partial charge on any atom is -0.323 e. The zero-order chi connectivity index (χ0) is 15.9. The van der Waals surface area contributed by atoms with Gasteiger partial charge in [-0.05, 0) is 12.1 Å². The summed E-state index contributed by atoms with van der Waals surface area (Å²) in [6.07, 6.45) is -0.316. The number of carbonyl (C=O) groups is 2. The highest BCUT2D eigenvalue weighted by molar-refractivity contribution is 6.33. The van der Waals surface area contributed by atoms with E-state index in [4.69, 9.17) is 23.2 Å². The number of aromatic nitrogens is 1. The van der Waals surface area contributed by atoms with Gasteiger partial charge in [-0.1, -0.05) is 44.0 Å². The Morgan fingerprint density at radius 1 is 1.29 bits per heavy atom. The predicted octanol–water partition coefficient (Wildman–Crippen LogP) is 2.67. The van der Waals surface area contributed by atoms with Crippen LogP contribution in [0.5, 0.6) is 0 Å². The average Bonchev–Trinajstić information content (AvgIpc) is 2.63. The number of likely N-dealkylation sites (N-methyl/N-ethyl adjacent to an activating group) is 1. The summed E-state index contributed by atoms with van der Waals surface area (Å²) in [4.78, 5) is 31.6. The summed E-state index contributed by atoms with van der Waals surface area (Å²) in [5, 5.41) is 0.300. The van der Waals surface area contributed by atoms with E-state index in [1.54, 1.807) is 16.8 Å². The van der Waals surface area contributed by atoms with E-state index in [2.05, 4.69) is 4.98 Å². The van der Waals surface area contributed by atoms with Gasteiger partial charge in [-0.25, -0.2) is 4.98 Å². The van der Waals surface area contributed by atoms with Crippen molar-refractivity contribution < 1.29 is 9.59 Å². The molecule has 2 amide bonds. The Balaban J connectivity index is 2.39. The highest BCUT2D eigenvalue weighted by Crippen LogP contribution is 2.32. The van der Waals surface area contributed by atoms with Crippen molar-refractivity contribution in [1.29, 1.82) is 0 Å². The summed E-state index contributed by atoms with van der Waals surface area (Å²) >= 11 is 11.7. The SMILES string of the molecule is CN1C(=O)CN(C(=O)c2cc(Cl)nc(Cl)c2)C1C(C)(C)C. The normalized spacial score (nSPS) is 19.3. The first kappa shape index (κ1) is 16.0. The molecule has 1 fully saturated rings. The number of rotatable bonds is 1. The number of nitrogens with zero attached hydrogens (tertiary/aromatic N) is 3. The van der Waals surface area contributed by atoms with E-state index in [0.29, 0.717) is 5.56 Å². The standard InChI is InChI=1S/C14H17Cl2N3O2/c1-14(2,3)13-18(4)11(20)7-19(13)12(21)8-5-9(15)17-10(16)6-8/h5-6,13H,7H2,1-4H3. The minimum absolute atomic E-state index is 0.0504. The Labute approximate surface area is 133 Å². The van der Waals surface area contributed by atoms with Crippen molar-refractivity contribution in [2.75, 3.05) is 13.6 Å². The molecule has 1 aromatic heterocycles. The summed E-state index contributed by atoms with van der Waals surface area (Å²) in [6.45, 7) is 6.01. The van der Waals surface area contributed by atoms with Crippen molar-refractivity contribution in [3.05, 3.63) is 28.0 Å². The lowest BCUT2D eigenvalue weighted by molar-refractivity contribution is -0.127. The third-order valence-corrected chi connectivity index (χ3v) is 3.79. The van der Waals surface area contributed by atoms with E-state index in [-0.39, 0.29) is 40.2 Å². The second-order valence-corrected chi connectivity index (χ2v) is 6.95. The molecule has 0 aliphatic carbocycles. The number of hydrogen-bond donors (Lipinski definition) is 0. The monoisotopic (exact) mass is 329 g/mol. The number of pyridine rings is 1. The molecule has 0 bridgehead atoms. The minimum atomic E-state index is -0.316. The first-order valence-electron chi connectivity index (χ1n) is 6.51. The maximum atomic E-state index is 12.7. The van der Waals surface area contributed by atoms with Gasteiger partial charge in [-0.3, -0.25) is 9.59 Å². The van der Waals surface area contributed by atoms with Crippen LogP contribution in [0.15, 0.2) is 12.1 Å². The second kappa shape index (κ2) is 5.46. The highest BCUT2D eigenvalue weighted by atomic mass is 35.5. The number of hydrogen-bond acceptors (Lipinski definition) is 3. The van der Waals surface area contributed by atoms with Crippen LogP contribution in [0.4, 0.5) is 0 Å². The molecule has 1 aliphatic rings. The third-order valence-electron chi connectivity index (χ3n) is 3.41. The van der Waals surface area contributed by atoms with E-state index in [9.17, 15) is 9.59 Å². The van der Waals surface area contributed by atoms with Crippen molar-refractivity contribution in [2.24, 2.45) is 5.41 Å². The Morgan fingerprint density at radius 3 is 2.29 bits per heavy atom. The molecule has 0 N–H and O–H groups in total. The first-order valence-corrected chi connectivity index (χ1v) is 7.26. The molecule has 2 heterocycles. The van der Waals surface area contributed by atoms with Crippen molar-refractivity contribution in [3.63, 3.8) is 0 Å². The maximum absolute atomic E-state index is 12.7. The van der Waals surface area contributed by atoms with Gasteiger partial charge in [0.05, 0.1) is 0 Å². The Hall–Kier alpha value is -1.33. The molecule has 2 rings (SSSR count). The van der Waals surface area contributed by atoms with Gasteiger partial charge in [0.1, 0.15) is 23.0 Å². The van der Waals surface area contributed by atoms with E-state index >= 15 is 0 Å². The van der Waals surface area contributed by atoms with Crippen molar-refractivity contribution in [2.45, 2.75) is 26.9 Å². The molecule has 1 unspecified atom stereocenters. The van der Waals surface area contributed by atoms with Gasteiger partial charge in [0.25, 0.3) is 5.91 Å². The van der Waals surface area contributed by atoms with Crippen molar-refractivity contribution in [3.8, 4) is 0 Å². The van der Waals surface area contributed by atoms with Crippen LogP contribution in [0, 0.1) is 5.41 Å². The van der Waals surface area contributed by atoms with Crippen molar-refractivity contribution >= 4 is 35.0 Å². The van der Waals surface area contributed by atoms with Crippen LogP contribution in [0.1, 0.15) is 31.1 Å². The predicted molar refractivity (Wildman–Crippen MR) is 81.3 cm³/mol. The summed E-state index contributed by atoms with van der Waals surface area (Å²) in [6, 6.07) is 2.91. The Bertz CT molecular complexity index is 578. The summed E-state index contributed by atoms with van der Waals surface area (Å²) in [7, 11) is 1.71. The molecular weight excluding hydrogens is 313 g/mol. The number of carbonyl (C=O) groups excluding carboxylic acids is 2. The number of halogens is 2. The summed E-state index contributed by atoms with van der Waals surface area (Å²) < 4.78 is 0. The zero-order valence-electron chi connectivity index (χ0n) is 12.4. The Kier molecular flexibility index (Phi) is 4.17. The lowest BCUT2D eigenvalue weighted by Crippen LogP contribution is -2.49. The van der Waals surface area contributed by atoms with Crippen LogP contribution in [0.3, 0.4) is 0 Å². The van der Waals surface area contributed by atoms with Crippen LogP contribution >= 0.6 is 23.2 Å². The fraction of sp³-hybridized carbons (Fsp3) is 0.500. The largest absolute Gasteiger partial charge is 0.323 e. The van der Waals surface area contributed by atoms with Crippen LogP contribution < -0.4 is 0 Å². The van der Waals surface area contributed by atoms with Gasteiger partial charge < -0.3 is 9.80 Å². The van der Waals surface area contributed by atoms with E-state index in [1.807, 2.05) is 20.8 Å². The van der Waals surface area contributed by atoms with E-state index in [0.717, 1.165) is 0 Å². The fourth-order valence-electron chi connectivity index (χ4n) is 2.67. The fourth-order valence-corrected chi connectivity index (χ4v) is 3.14. The third kappa shape index (κ3) is 3.14. The van der Waals surface area contributed by atoms with E-state index < -0.39 is 0 Å². The molecule has 1 atom stereocenters. The lowest BCUT2D eigenvalue weighted by Gasteiger charge is -2.37. The molecule has 114 valence electrons. The smallest absolute Gasteiger partial charge is 0.256 e. The van der Waals surface area contributed by atoms with Crippen molar-refractivity contribution in [1.82, 2.24) is 14.8 Å². The van der Waals surface area contributed by atoms with Crippen LogP contribution in [-0.4, -0.2) is 46.4 Å². The quantitative estimate of drug-likeness (QED) is 0.744.